The maximum absolute atomic E-state index is 14.7. The molecule has 0 radical (unpaired) electrons. The first kappa shape index (κ1) is 38.8. The Kier molecular flexibility index (Phi) is 10.5. The number of ether oxygens (including phenoxy) is 2. The molecule has 292 valence electrons. The third-order valence-electron chi connectivity index (χ3n) is 12.3. The van der Waals surface area contributed by atoms with Gasteiger partial charge in [-0.05, 0) is 81.8 Å². The van der Waals surface area contributed by atoms with E-state index >= 15 is 0 Å². The Bertz CT molecular complexity index is 1970. The van der Waals surface area contributed by atoms with E-state index in [4.69, 9.17) is 18.8 Å². The highest BCUT2D eigenvalue weighted by Crippen LogP contribution is 2.65. The zero-order valence-electron chi connectivity index (χ0n) is 32.9. The topological polar surface area (TPSA) is 138 Å². The van der Waals surface area contributed by atoms with E-state index in [2.05, 4.69) is 31.1 Å². The van der Waals surface area contributed by atoms with Crippen molar-refractivity contribution in [3.63, 3.8) is 0 Å². The molecule has 5 aliphatic rings. The van der Waals surface area contributed by atoms with Crippen LogP contribution in [0, 0.1) is 17.3 Å². The molecule has 4 fully saturated rings. The van der Waals surface area contributed by atoms with Crippen molar-refractivity contribution in [3.8, 4) is 0 Å². The van der Waals surface area contributed by atoms with Crippen LogP contribution in [0.4, 0.5) is 10.5 Å². The summed E-state index contributed by atoms with van der Waals surface area (Å²) in [5.74, 6) is -0.741. The minimum absolute atomic E-state index is 0.00379. The molecule has 1 saturated heterocycles. The van der Waals surface area contributed by atoms with Crippen LogP contribution in [0.5, 0.6) is 0 Å². The van der Waals surface area contributed by atoms with E-state index in [0.717, 1.165) is 24.0 Å². The summed E-state index contributed by atoms with van der Waals surface area (Å²) in [5, 5.41) is 3.16. The summed E-state index contributed by atoms with van der Waals surface area (Å²) in [5.41, 5.74) is -0.0951. The van der Waals surface area contributed by atoms with Gasteiger partial charge in [-0.25, -0.2) is 9.78 Å². The van der Waals surface area contributed by atoms with Gasteiger partial charge in [-0.3, -0.25) is 23.9 Å². The summed E-state index contributed by atoms with van der Waals surface area (Å²) < 4.78 is 26.0. The van der Waals surface area contributed by atoms with Crippen molar-refractivity contribution in [2.24, 2.45) is 17.3 Å². The van der Waals surface area contributed by atoms with Gasteiger partial charge in [0.15, 0.2) is 0 Å². The molecule has 12 nitrogen and oxygen atoms in total. The van der Waals surface area contributed by atoms with E-state index in [1.165, 1.54) is 15.7 Å². The number of fused-ring (bicyclic) bond motifs is 1. The van der Waals surface area contributed by atoms with E-state index in [-0.39, 0.29) is 49.0 Å². The van der Waals surface area contributed by atoms with Crippen LogP contribution in [0.3, 0.4) is 0 Å². The van der Waals surface area contributed by atoms with E-state index in [1.54, 1.807) is 20.8 Å². The maximum Gasteiger partial charge on any atom is 0.481 e. The fourth-order valence-electron chi connectivity index (χ4n) is 9.25. The number of esters is 1. The van der Waals surface area contributed by atoms with Crippen LogP contribution in [0.1, 0.15) is 109 Å². The molecule has 13 heteroatoms. The highest BCUT2D eigenvalue weighted by molar-refractivity contribution is 6.47. The van der Waals surface area contributed by atoms with E-state index < -0.39 is 59.8 Å². The van der Waals surface area contributed by atoms with Gasteiger partial charge in [0.05, 0.1) is 36.8 Å². The van der Waals surface area contributed by atoms with E-state index in [0.29, 0.717) is 18.3 Å². The number of rotatable bonds is 11. The van der Waals surface area contributed by atoms with Crippen molar-refractivity contribution in [1.82, 2.24) is 14.9 Å². The molecule has 2 aromatic carbocycles. The molecule has 0 spiro atoms. The van der Waals surface area contributed by atoms with E-state index in [1.807, 2.05) is 67.6 Å². The number of aromatic nitrogens is 2. The van der Waals surface area contributed by atoms with Crippen LogP contribution in [-0.4, -0.2) is 57.9 Å². The molecular weight excluding hydrogens is 699 g/mol. The molecule has 3 saturated carbocycles. The first-order chi connectivity index (χ1) is 26.1. The van der Waals surface area contributed by atoms with Gasteiger partial charge in [0.2, 0.25) is 5.91 Å². The number of benzene rings is 2. The summed E-state index contributed by atoms with van der Waals surface area (Å²) in [7, 11) is -0.653. The minimum atomic E-state index is -1.03. The van der Waals surface area contributed by atoms with Crippen molar-refractivity contribution in [1.29, 1.82) is 0 Å². The molecule has 55 heavy (non-hydrogen) atoms. The summed E-state index contributed by atoms with van der Waals surface area (Å²) in [6.07, 6.45) is 3.15. The van der Waals surface area contributed by atoms with Gasteiger partial charge in [0.1, 0.15) is 29.8 Å². The molecule has 2 bridgehead atoms. The Balaban J connectivity index is 1.19. The lowest BCUT2D eigenvalue weighted by Crippen LogP contribution is -2.65. The number of carbonyl (C=O) groups is 3. The molecule has 3 aliphatic carbocycles. The van der Waals surface area contributed by atoms with Crippen LogP contribution in [0.15, 0.2) is 71.7 Å². The summed E-state index contributed by atoms with van der Waals surface area (Å²) in [6, 6.07) is 17.5. The summed E-state index contributed by atoms with van der Waals surface area (Å²) in [6.45, 7) is 14.1. The third kappa shape index (κ3) is 7.57. The van der Waals surface area contributed by atoms with E-state index in [9.17, 15) is 19.2 Å². The first-order valence-corrected chi connectivity index (χ1v) is 19.6. The van der Waals surface area contributed by atoms with Gasteiger partial charge in [0.25, 0.3) is 5.56 Å². The Morgan fingerprint density at radius 3 is 2.33 bits per heavy atom. The number of amides is 2. The van der Waals surface area contributed by atoms with Gasteiger partial charge in [0, 0.05) is 5.92 Å². The Hall–Kier alpha value is -4.49. The molecule has 3 heterocycles. The summed E-state index contributed by atoms with van der Waals surface area (Å²) >= 11 is 0. The quantitative estimate of drug-likeness (QED) is 0.172. The molecule has 7 atom stereocenters. The number of anilines is 1. The first-order valence-electron chi connectivity index (χ1n) is 19.6. The van der Waals surface area contributed by atoms with Crippen LogP contribution >= 0.6 is 0 Å². The average Bonchev–Trinajstić information content (AvgIpc) is 3.70. The Morgan fingerprint density at radius 1 is 1.02 bits per heavy atom. The van der Waals surface area contributed by atoms with Crippen molar-refractivity contribution < 1.29 is 33.2 Å². The average molecular weight is 753 g/mol. The minimum Gasteiger partial charge on any atom is -0.460 e. The Labute approximate surface area is 323 Å². The Morgan fingerprint density at radius 2 is 1.69 bits per heavy atom. The number of hydrogen-bond acceptors (Lipinski definition) is 9. The monoisotopic (exact) mass is 752 g/mol. The second-order valence-corrected chi connectivity index (χ2v) is 17.4. The zero-order chi connectivity index (χ0) is 39.3. The number of nitrogens with zero attached hydrogens (tertiary/aromatic N) is 3. The highest BCUT2D eigenvalue weighted by atomic mass is 16.7. The fraction of sp³-hybridized carbons (Fsp3) is 0.548. The van der Waals surface area contributed by atoms with Gasteiger partial charge in [-0.2, -0.15) is 0 Å². The third-order valence-corrected chi connectivity index (χ3v) is 12.3. The van der Waals surface area contributed by atoms with Gasteiger partial charge >= 0.3 is 19.2 Å². The SMILES string of the molecule is CC[C@H](NC(=O)[C@@H]1CC(CC(=O)OC(C)(C)C)c2ncc(N(Cc3ccccc3)C(=O)OCc3ccccc3)c(=O)n21)B1O[C@@H]2C[C@@H]3C[C@@H](C3(C)C)[C@]2(C)O1. The predicted molar refractivity (Wildman–Crippen MR) is 207 cm³/mol. The molecular formula is C42H53BN4O8. The largest absolute Gasteiger partial charge is 0.481 e. The van der Waals surface area contributed by atoms with Crippen molar-refractivity contribution in [2.75, 3.05) is 4.90 Å². The van der Waals surface area contributed by atoms with Crippen LogP contribution in [-0.2, 0) is 41.5 Å². The molecule has 1 aromatic heterocycles. The molecule has 2 aliphatic heterocycles. The maximum atomic E-state index is 14.7. The lowest BCUT2D eigenvalue weighted by Gasteiger charge is -2.64. The highest BCUT2D eigenvalue weighted by Gasteiger charge is 2.68. The normalized spacial score (nSPS) is 26.6. The molecule has 2 amide bonds. The smallest absolute Gasteiger partial charge is 0.460 e. The van der Waals surface area contributed by atoms with Crippen LogP contribution < -0.4 is 15.8 Å². The van der Waals surface area contributed by atoms with Gasteiger partial charge in [-0.15, -0.1) is 0 Å². The number of nitrogens with one attached hydrogen (secondary N) is 1. The van der Waals surface area contributed by atoms with Crippen LogP contribution in [0.25, 0.3) is 0 Å². The van der Waals surface area contributed by atoms with Crippen molar-refractivity contribution in [2.45, 2.75) is 129 Å². The summed E-state index contributed by atoms with van der Waals surface area (Å²) in [4.78, 5) is 62.0. The number of hydrogen-bond donors (Lipinski definition) is 1. The molecule has 8 rings (SSSR count). The number of carbonyl (C=O) groups excluding carboxylic acids is 3. The van der Waals surface area contributed by atoms with Crippen LogP contribution in [0.2, 0.25) is 0 Å². The standard InChI is InChI=1S/C42H53BN4O8/c1-8-34(43-54-33-22-29-21-32(41(29,5)6)42(33,7)55-43)45-37(49)30-19-28(20-35(48)53-40(2,3)4)36-44-23-31(38(50)47(30)36)46(24-26-15-11-9-12-16-26)39(51)52-25-27-17-13-10-14-18-27/h9-18,23,28-30,32-34H,8,19-22,24-25H2,1-7H3,(H,45,49)/t28?,29-,30-,32-,33+,34-,42-/m0/s1. The molecule has 3 aromatic rings. The molecule has 1 unspecified atom stereocenters. The fourth-order valence-corrected chi connectivity index (χ4v) is 9.25. The second-order valence-electron chi connectivity index (χ2n) is 17.4. The lowest BCUT2D eigenvalue weighted by molar-refractivity contribution is -0.199. The molecule has 1 N–H and O–H groups in total. The second kappa shape index (κ2) is 14.9. The predicted octanol–water partition coefficient (Wildman–Crippen LogP) is 6.51. The zero-order valence-corrected chi connectivity index (χ0v) is 32.9. The lowest BCUT2D eigenvalue weighted by atomic mass is 9.43. The van der Waals surface area contributed by atoms with Crippen molar-refractivity contribution in [3.05, 3.63) is 94.2 Å². The van der Waals surface area contributed by atoms with Gasteiger partial charge in [-0.1, -0.05) is 81.4 Å². The van der Waals surface area contributed by atoms with Gasteiger partial charge < -0.3 is 24.1 Å². The van der Waals surface area contributed by atoms with Crippen molar-refractivity contribution >= 4 is 30.8 Å².